The van der Waals surface area contributed by atoms with Crippen molar-refractivity contribution in [3.8, 4) is 0 Å². The first-order valence-corrected chi connectivity index (χ1v) is 10.8. The molecule has 2 aromatic carbocycles. The maximum absolute atomic E-state index is 12.9. The van der Waals surface area contributed by atoms with E-state index in [1.807, 2.05) is 0 Å². The summed E-state index contributed by atoms with van der Waals surface area (Å²) in [6.45, 7) is 2.12. The van der Waals surface area contributed by atoms with E-state index in [0.717, 1.165) is 17.7 Å². The Hall–Kier alpha value is -3.40. The number of esters is 1. The van der Waals surface area contributed by atoms with Gasteiger partial charge < -0.3 is 9.64 Å². The summed E-state index contributed by atoms with van der Waals surface area (Å²) < 4.78 is 33.1. The molecule has 10 heteroatoms. The zero-order chi connectivity index (χ0) is 21.5. The number of rotatable bonds is 4. The standard InChI is InChI=1S/C20H20N4O5S/c1-12(25)24-9-3-4-13-10-15(6-8-18(13)24)30(27,28)23-14-5-7-17-16(11-14)19(22-21-17)20(26)29-2/h5-8,10-11,23H,3-4,9H2,1-2H3,(H,21,22). The summed E-state index contributed by atoms with van der Waals surface area (Å²) in [7, 11) is -2.63. The van der Waals surface area contributed by atoms with Gasteiger partial charge in [0.2, 0.25) is 5.91 Å². The summed E-state index contributed by atoms with van der Waals surface area (Å²) in [6.07, 6.45) is 1.48. The molecule has 0 spiro atoms. The van der Waals surface area contributed by atoms with Crippen LogP contribution >= 0.6 is 0 Å². The summed E-state index contributed by atoms with van der Waals surface area (Å²) in [6, 6.07) is 9.48. The number of aromatic nitrogens is 2. The van der Waals surface area contributed by atoms with Gasteiger partial charge >= 0.3 is 5.97 Å². The molecular weight excluding hydrogens is 408 g/mol. The molecule has 9 nitrogen and oxygen atoms in total. The van der Waals surface area contributed by atoms with Gasteiger partial charge in [-0.05, 0) is 54.8 Å². The molecule has 0 unspecified atom stereocenters. The van der Waals surface area contributed by atoms with E-state index in [1.165, 1.54) is 26.2 Å². The minimum absolute atomic E-state index is 0.0699. The number of carbonyl (C=O) groups excluding carboxylic acids is 2. The summed E-state index contributed by atoms with van der Waals surface area (Å²) in [4.78, 5) is 25.4. The molecule has 2 heterocycles. The van der Waals surface area contributed by atoms with Gasteiger partial charge in [0.05, 0.1) is 17.5 Å². The highest BCUT2D eigenvalue weighted by Crippen LogP contribution is 2.30. The van der Waals surface area contributed by atoms with Crippen molar-refractivity contribution in [1.29, 1.82) is 0 Å². The number of nitrogens with one attached hydrogen (secondary N) is 2. The van der Waals surface area contributed by atoms with Crippen LogP contribution in [0.4, 0.5) is 11.4 Å². The van der Waals surface area contributed by atoms with Crippen molar-refractivity contribution >= 4 is 44.2 Å². The van der Waals surface area contributed by atoms with E-state index in [2.05, 4.69) is 14.9 Å². The van der Waals surface area contributed by atoms with E-state index in [1.54, 1.807) is 29.2 Å². The van der Waals surface area contributed by atoms with Gasteiger partial charge in [-0.15, -0.1) is 0 Å². The lowest BCUT2D eigenvalue weighted by Crippen LogP contribution is -2.33. The van der Waals surface area contributed by atoms with Crippen LogP contribution in [0, 0.1) is 0 Å². The normalized spacial score (nSPS) is 13.7. The molecule has 0 aliphatic carbocycles. The number of aromatic amines is 1. The SMILES string of the molecule is COC(=O)c1n[nH]c2ccc(NS(=O)(=O)c3ccc4c(c3)CCCN4C(C)=O)cc12. The second-order valence-corrected chi connectivity index (χ2v) is 8.68. The van der Waals surface area contributed by atoms with Crippen LogP contribution in [0.15, 0.2) is 41.3 Å². The molecule has 1 aromatic heterocycles. The van der Waals surface area contributed by atoms with Crippen LogP contribution in [-0.4, -0.2) is 44.1 Å². The number of carbonyl (C=O) groups is 2. The fourth-order valence-electron chi connectivity index (χ4n) is 3.61. The third-order valence-corrected chi connectivity index (χ3v) is 6.43. The maximum atomic E-state index is 12.9. The number of benzene rings is 2. The number of hydrogen-bond acceptors (Lipinski definition) is 6. The highest BCUT2D eigenvalue weighted by molar-refractivity contribution is 7.92. The molecular formula is C20H20N4O5S. The monoisotopic (exact) mass is 428 g/mol. The fourth-order valence-corrected chi connectivity index (χ4v) is 4.71. The highest BCUT2D eigenvalue weighted by atomic mass is 32.2. The highest BCUT2D eigenvalue weighted by Gasteiger charge is 2.23. The minimum Gasteiger partial charge on any atom is -0.464 e. The summed E-state index contributed by atoms with van der Waals surface area (Å²) in [5.41, 5.74) is 2.51. The van der Waals surface area contributed by atoms with Gasteiger partial charge in [-0.25, -0.2) is 13.2 Å². The molecule has 156 valence electrons. The molecule has 1 aliphatic heterocycles. The predicted octanol–water partition coefficient (Wildman–Crippen LogP) is 2.45. The fraction of sp³-hybridized carbons (Fsp3) is 0.250. The van der Waals surface area contributed by atoms with Gasteiger partial charge in [-0.2, -0.15) is 5.10 Å². The average Bonchev–Trinajstić information content (AvgIpc) is 3.15. The zero-order valence-corrected chi connectivity index (χ0v) is 17.2. The molecule has 30 heavy (non-hydrogen) atoms. The van der Waals surface area contributed by atoms with Crippen molar-refractivity contribution in [2.24, 2.45) is 0 Å². The Morgan fingerprint density at radius 3 is 2.73 bits per heavy atom. The number of hydrogen-bond donors (Lipinski definition) is 2. The van der Waals surface area contributed by atoms with Crippen molar-refractivity contribution in [3.63, 3.8) is 0 Å². The smallest absolute Gasteiger partial charge is 0.359 e. The predicted molar refractivity (Wildman–Crippen MR) is 111 cm³/mol. The number of H-pyrrole nitrogens is 1. The van der Waals surface area contributed by atoms with Crippen LogP contribution in [0.5, 0.6) is 0 Å². The zero-order valence-electron chi connectivity index (χ0n) is 16.4. The number of aryl methyl sites for hydroxylation is 1. The first-order valence-electron chi connectivity index (χ1n) is 9.30. The van der Waals surface area contributed by atoms with Crippen molar-refractivity contribution < 1.29 is 22.7 Å². The van der Waals surface area contributed by atoms with E-state index < -0.39 is 16.0 Å². The molecule has 0 saturated carbocycles. The van der Waals surface area contributed by atoms with Crippen LogP contribution in [0.1, 0.15) is 29.4 Å². The number of ether oxygens (including phenoxy) is 1. The third kappa shape index (κ3) is 3.50. The Morgan fingerprint density at radius 2 is 2.00 bits per heavy atom. The van der Waals surface area contributed by atoms with Crippen molar-refractivity contribution in [1.82, 2.24) is 10.2 Å². The van der Waals surface area contributed by atoms with Crippen LogP contribution < -0.4 is 9.62 Å². The van der Waals surface area contributed by atoms with E-state index in [-0.39, 0.29) is 22.2 Å². The number of sulfonamides is 1. The molecule has 3 aromatic rings. The Kier molecular flexibility index (Phi) is 4.94. The number of methoxy groups -OCH3 is 1. The van der Waals surface area contributed by atoms with E-state index in [0.29, 0.717) is 23.9 Å². The Balaban J connectivity index is 1.66. The van der Waals surface area contributed by atoms with Crippen molar-refractivity contribution in [2.75, 3.05) is 23.3 Å². The first kappa shape index (κ1) is 19.9. The number of fused-ring (bicyclic) bond motifs is 2. The molecule has 0 atom stereocenters. The van der Waals surface area contributed by atoms with Crippen LogP contribution in [0.3, 0.4) is 0 Å². The van der Waals surface area contributed by atoms with Gasteiger partial charge in [-0.1, -0.05) is 0 Å². The summed E-state index contributed by atoms with van der Waals surface area (Å²) in [5.74, 6) is -0.689. The molecule has 0 bridgehead atoms. The van der Waals surface area contributed by atoms with E-state index in [9.17, 15) is 18.0 Å². The largest absolute Gasteiger partial charge is 0.464 e. The number of amides is 1. The molecule has 1 aliphatic rings. The molecule has 0 radical (unpaired) electrons. The number of nitrogens with zero attached hydrogens (tertiary/aromatic N) is 2. The van der Waals surface area contributed by atoms with Crippen molar-refractivity contribution in [2.45, 2.75) is 24.7 Å². The van der Waals surface area contributed by atoms with E-state index >= 15 is 0 Å². The summed E-state index contributed by atoms with van der Waals surface area (Å²) in [5, 5.41) is 7.08. The first-order chi connectivity index (χ1) is 14.3. The summed E-state index contributed by atoms with van der Waals surface area (Å²) >= 11 is 0. The second kappa shape index (κ2) is 7.45. The Bertz CT molecular complexity index is 1270. The molecule has 0 fully saturated rings. The second-order valence-electron chi connectivity index (χ2n) is 6.99. The van der Waals surface area contributed by atoms with Gasteiger partial charge in [0.25, 0.3) is 10.0 Å². The molecule has 1 amide bonds. The Labute approximate surface area is 173 Å². The van der Waals surface area contributed by atoms with Crippen LogP contribution in [0.25, 0.3) is 10.9 Å². The van der Waals surface area contributed by atoms with Crippen molar-refractivity contribution in [3.05, 3.63) is 47.7 Å². The lowest BCUT2D eigenvalue weighted by molar-refractivity contribution is -0.116. The van der Waals surface area contributed by atoms with Gasteiger partial charge in [-0.3, -0.25) is 14.6 Å². The molecule has 4 rings (SSSR count). The average molecular weight is 428 g/mol. The van der Waals surface area contributed by atoms with Gasteiger partial charge in [0.15, 0.2) is 5.69 Å². The minimum atomic E-state index is -3.88. The quantitative estimate of drug-likeness (QED) is 0.616. The molecule has 0 saturated heterocycles. The topological polar surface area (TPSA) is 121 Å². The Morgan fingerprint density at radius 1 is 1.20 bits per heavy atom. The maximum Gasteiger partial charge on any atom is 0.359 e. The lowest BCUT2D eigenvalue weighted by Gasteiger charge is -2.28. The van der Waals surface area contributed by atoms with Crippen LogP contribution in [0.2, 0.25) is 0 Å². The van der Waals surface area contributed by atoms with Gasteiger partial charge in [0, 0.05) is 30.2 Å². The van der Waals surface area contributed by atoms with Gasteiger partial charge in [0.1, 0.15) is 0 Å². The third-order valence-electron chi connectivity index (χ3n) is 5.05. The molecule has 2 N–H and O–H groups in total. The number of anilines is 2. The van der Waals surface area contributed by atoms with Crippen LogP contribution in [-0.2, 0) is 26.0 Å². The van der Waals surface area contributed by atoms with E-state index in [4.69, 9.17) is 4.74 Å². The lowest BCUT2D eigenvalue weighted by atomic mass is 10.0.